The summed E-state index contributed by atoms with van der Waals surface area (Å²) in [7, 11) is 1.66. The largest absolute Gasteiger partial charge is 1.00 e. The first-order valence-electron chi connectivity index (χ1n) is 6.44. The van der Waals surface area contributed by atoms with E-state index in [0.29, 0.717) is 0 Å². The summed E-state index contributed by atoms with van der Waals surface area (Å²) >= 11 is 0. The lowest BCUT2D eigenvalue weighted by atomic mass is 9.88. The molecule has 1 unspecified atom stereocenters. The van der Waals surface area contributed by atoms with Crippen LogP contribution in [0.3, 0.4) is 0 Å². The molecule has 2 nitrogen and oxygen atoms in total. The second-order valence-corrected chi connectivity index (χ2v) is 4.49. The molecule has 4 heteroatoms. The van der Waals surface area contributed by atoms with Crippen molar-refractivity contribution in [2.45, 2.75) is 12.3 Å². The van der Waals surface area contributed by atoms with Gasteiger partial charge in [0, 0.05) is 17.9 Å². The van der Waals surface area contributed by atoms with E-state index < -0.39 is 0 Å². The molecule has 0 spiro atoms. The summed E-state index contributed by atoms with van der Waals surface area (Å²) in [5.41, 5.74) is 5.97. The van der Waals surface area contributed by atoms with Crippen LogP contribution in [0.1, 0.15) is 23.5 Å². The van der Waals surface area contributed by atoms with E-state index >= 15 is 0 Å². The molecule has 3 N–H and O–H groups in total. The van der Waals surface area contributed by atoms with Crippen LogP contribution in [0.5, 0.6) is 5.75 Å². The molecule has 0 fully saturated rings. The Bertz CT molecular complexity index is 548. The summed E-state index contributed by atoms with van der Waals surface area (Å²) in [6, 6.07) is 14.6. The second-order valence-electron chi connectivity index (χ2n) is 4.49. The molecule has 0 aromatic heterocycles. The van der Waals surface area contributed by atoms with Gasteiger partial charge in [0.2, 0.25) is 0 Å². The Morgan fingerprint density at radius 2 is 1.90 bits per heavy atom. The van der Waals surface area contributed by atoms with Crippen molar-refractivity contribution in [2.75, 3.05) is 13.7 Å². The zero-order chi connectivity index (χ0) is 13.7. The maximum absolute atomic E-state index is 13.4. The molecule has 2 aromatic carbocycles. The highest BCUT2D eigenvalue weighted by Gasteiger charge is 2.18. The molecule has 0 saturated heterocycles. The van der Waals surface area contributed by atoms with E-state index in [1.807, 2.05) is 30.3 Å². The average molecular weight is 296 g/mol. The van der Waals surface area contributed by atoms with E-state index in [0.717, 1.165) is 29.8 Å². The fourth-order valence-corrected chi connectivity index (χ4v) is 2.38. The van der Waals surface area contributed by atoms with Crippen LogP contribution in [0.25, 0.3) is 0 Å². The van der Waals surface area contributed by atoms with Gasteiger partial charge in [0.25, 0.3) is 0 Å². The lowest BCUT2D eigenvalue weighted by Gasteiger charge is -2.19. The topological polar surface area (TPSA) is 36.9 Å². The number of methoxy groups -OCH3 is 1. The summed E-state index contributed by atoms with van der Waals surface area (Å²) in [4.78, 5) is 0. The monoisotopic (exact) mass is 295 g/mol. The van der Waals surface area contributed by atoms with Gasteiger partial charge in [-0.25, -0.2) is 4.39 Å². The normalized spacial score (nSPS) is 11.6. The number of benzene rings is 2. The second kappa shape index (κ2) is 7.88. The molecular formula is C16H19ClFNO. The number of hydrogen-bond donors (Lipinski definition) is 1. The van der Waals surface area contributed by atoms with Crippen LogP contribution in [-0.4, -0.2) is 13.7 Å². The fraction of sp³-hybridized carbons (Fsp3) is 0.250. The summed E-state index contributed by atoms with van der Waals surface area (Å²) in [6.45, 7) is 0.791. The Kier molecular flexibility index (Phi) is 6.49. The van der Waals surface area contributed by atoms with E-state index in [9.17, 15) is 4.39 Å². The van der Waals surface area contributed by atoms with E-state index in [1.165, 1.54) is 6.07 Å². The van der Waals surface area contributed by atoms with Gasteiger partial charge >= 0.3 is 0 Å². The molecule has 0 aliphatic rings. The van der Waals surface area contributed by atoms with Crippen molar-refractivity contribution in [3.8, 4) is 5.75 Å². The van der Waals surface area contributed by atoms with E-state index in [2.05, 4.69) is 5.73 Å². The highest BCUT2D eigenvalue weighted by atomic mass is 35.5. The molecule has 1 atom stereocenters. The minimum absolute atomic E-state index is 0. The number of rotatable bonds is 5. The summed E-state index contributed by atoms with van der Waals surface area (Å²) in [6.07, 6.45) is 0.865. The fourth-order valence-electron chi connectivity index (χ4n) is 2.38. The molecule has 20 heavy (non-hydrogen) atoms. The van der Waals surface area contributed by atoms with Crippen molar-refractivity contribution in [3.63, 3.8) is 0 Å². The zero-order valence-corrected chi connectivity index (χ0v) is 12.2. The molecule has 2 rings (SSSR count). The third-order valence-electron chi connectivity index (χ3n) is 3.26. The quantitative estimate of drug-likeness (QED) is 0.801. The molecule has 0 bridgehead atoms. The van der Waals surface area contributed by atoms with Gasteiger partial charge in [0.15, 0.2) is 0 Å². The maximum Gasteiger partial charge on any atom is 0.123 e. The minimum Gasteiger partial charge on any atom is -1.00 e. The zero-order valence-electron chi connectivity index (χ0n) is 11.5. The van der Waals surface area contributed by atoms with Gasteiger partial charge in [-0.3, -0.25) is 0 Å². The third-order valence-corrected chi connectivity index (χ3v) is 3.26. The lowest BCUT2D eigenvalue weighted by Crippen LogP contribution is -3.00. The van der Waals surface area contributed by atoms with E-state index in [-0.39, 0.29) is 24.1 Å². The molecule has 0 radical (unpaired) electrons. The van der Waals surface area contributed by atoms with Crippen molar-refractivity contribution < 1.29 is 27.3 Å². The van der Waals surface area contributed by atoms with Gasteiger partial charge in [0.1, 0.15) is 11.6 Å². The number of quaternary nitrogens is 1. The average Bonchev–Trinajstić information content (AvgIpc) is 2.45. The van der Waals surface area contributed by atoms with Gasteiger partial charge in [-0.2, -0.15) is 0 Å². The first-order chi connectivity index (χ1) is 9.26. The maximum atomic E-state index is 13.4. The number of ether oxygens (including phenoxy) is 1. The van der Waals surface area contributed by atoms with Gasteiger partial charge in [-0.1, -0.05) is 30.3 Å². The van der Waals surface area contributed by atoms with Crippen LogP contribution in [0, 0.1) is 5.82 Å². The Morgan fingerprint density at radius 3 is 2.55 bits per heavy atom. The van der Waals surface area contributed by atoms with Crippen LogP contribution in [0.15, 0.2) is 48.5 Å². The Morgan fingerprint density at radius 1 is 1.15 bits per heavy atom. The van der Waals surface area contributed by atoms with Crippen molar-refractivity contribution in [3.05, 3.63) is 65.5 Å². The van der Waals surface area contributed by atoms with Crippen LogP contribution in [0.2, 0.25) is 0 Å². The van der Waals surface area contributed by atoms with Crippen LogP contribution >= 0.6 is 0 Å². The highest BCUT2D eigenvalue weighted by Crippen LogP contribution is 2.33. The first-order valence-corrected chi connectivity index (χ1v) is 6.44. The number of hydrogen-bond acceptors (Lipinski definition) is 1. The Balaban J connectivity index is 0.00000200. The Labute approximate surface area is 125 Å². The van der Waals surface area contributed by atoms with Gasteiger partial charge in [-0.15, -0.1) is 0 Å². The van der Waals surface area contributed by atoms with E-state index in [4.69, 9.17) is 4.74 Å². The number of para-hydroxylation sites is 1. The van der Waals surface area contributed by atoms with Crippen LogP contribution in [0.4, 0.5) is 4.39 Å². The summed E-state index contributed by atoms with van der Waals surface area (Å²) in [5.74, 6) is 0.746. The predicted molar refractivity (Wildman–Crippen MR) is 73.6 cm³/mol. The van der Waals surface area contributed by atoms with Crippen LogP contribution in [-0.2, 0) is 0 Å². The minimum atomic E-state index is -0.207. The van der Waals surface area contributed by atoms with Crippen molar-refractivity contribution in [1.29, 1.82) is 0 Å². The molecule has 0 aliphatic heterocycles. The molecule has 0 amide bonds. The van der Waals surface area contributed by atoms with Crippen molar-refractivity contribution >= 4 is 0 Å². The van der Waals surface area contributed by atoms with Crippen LogP contribution < -0.4 is 22.9 Å². The molecule has 0 saturated carbocycles. The Hall–Kier alpha value is -1.58. The van der Waals surface area contributed by atoms with Crippen molar-refractivity contribution in [2.24, 2.45) is 0 Å². The molecular weight excluding hydrogens is 277 g/mol. The lowest BCUT2D eigenvalue weighted by molar-refractivity contribution is -0.368. The van der Waals surface area contributed by atoms with Gasteiger partial charge in [0.05, 0.1) is 13.7 Å². The van der Waals surface area contributed by atoms with Gasteiger partial charge < -0.3 is 22.9 Å². The van der Waals surface area contributed by atoms with Gasteiger partial charge in [-0.05, 0) is 23.8 Å². The number of halogens is 2. The highest BCUT2D eigenvalue weighted by molar-refractivity contribution is 5.42. The smallest absolute Gasteiger partial charge is 0.123 e. The standard InChI is InChI=1S/C16H18FNO.ClH/c1-19-16-8-3-2-7-15(16)14(9-10-18)12-5-4-6-13(17)11-12;/h2-8,11,14H,9-10,18H2,1H3;1H. The summed E-state index contributed by atoms with van der Waals surface area (Å²) < 4.78 is 18.8. The third kappa shape index (κ3) is 3.71. The van der Waals surface area contributed by atoms with E-state index in [1.54, 1.807) is 19.2 Å². The molecule has 0 aliphatic carbocycles. The molecule has 0 heterocycles. The first kappa shape index (κ1) is 16.5. The molecule has 108 valence electrons. The SMILES string of the molecule is COc1ccccc1C(CC[NH3+])c1cccc(F)c1.[Cl-]. The summed E-state index contributed by atoms with van der Waals surface area (Å²) in [5, 5.41) is 0. The predicted octanol–water partition coefficient (Wildman–Crippen LogP) is -0.398. The molecule has 2 aromatic rings. The van der Waals surface area contributed by atoms with Crippen molar-refractivity contribution in [1.82, 2.24) is 0 Å².